The van der Waals surface area contributed by atoms with Crippen molar-refractivity contribution >= 4 is 5.91 Å². The van der Waals surface area contributed by atoms with Gasteiger partial charge >= 0.3 is 0 Å². The fraction of sp³-hybridized carbons (Fsp3) is 0.0833. The Hall–Kier alpha value is -3.80. The predicted molar refractivity (Wildman–Crippen MR) is 111 cm³/mol. The van der Waals surface area contributed by atoms with Gasteiger partial charge in [-0.1, -0.05) is 42.5 Å². The van der Waals surface area contributed by atoms with Gasteiger partial charge in [0, 0.05) is 5.56 Å². The molecule has 4 rings (SSSR count). The van der Waals surface area contributed by atoms with Crippen LogP contribution in [0.2, 0.25) is 0 Å². The summed E-state index contributed by atoms with van der Waals surface area (Å²) in [6.07, 6.45) is 0. The molecule has 0 aliphatic rings. The number of nitrogens with one attached hydrogen (secondary N) is 1. The van der Waals surface area contributed by atoms with E-state index in [2.05, 4.69) is 10.4 Å². The minimum atomic E-state index is -0.439. The van der Waals surface area contributed by atoms with Crippen LogP contribution in [0.25, 0.3) is 16.9 Å². The average molecular weight is 403 g/mol. The molecule has 0 bridgehead atoms. The first-order chi connectivity index (χ1) is 14.5. The van der Waals surface area contributed by atoms with E-state index < -0.39 is 11.6 Å². The molecule has 1 N–H and O–H groups in total. The van der Waals surface area contributed by atoms with Crippen LogP contribution in [0.3, 0.4) is 0 Å². The molecule has 30 heavy (non-hydrogen) atoms. The summed E-state index contributed by atoms with van der Waals surface area (Å²) in [5, 5.41) is 7.38. The van der Waals surface area contributed by atoms with E-state index in [-0.39, 0.29) is 23.2 Å². The van der Waals surface area contributed by atoms with E-state index in [1.54, 1.807) is 18.2 Å². The zero-order valence-electron chi connectivity index (χ0n) is 16.2. The van der Waals surface area contributed by atoms with Gasteiger partial charge in [-0.05, 0) is 55.0 Å². The van der Waals surface area contributed by atoms with Gasteiger partial charge in [-0.3, -0.25) is 4.79 Å². The number of hydrogen-bond acceptors (Lipinski definition) is 2. The Morgan fingerprint density at radius 3 is 2.30 bits per heavy atom. The van der Waals surface area contributed by atoms with E-state index in [0.29, 0.717) is 11.4 Å². The summed E-state index contributed by atoms with van der Waals surface area (Å²) >= 11 is 0. The molecule has 0 aliphatic carbocycles. The van der Waals surface area contributed by atoms with Crippen molar-refractivity contribution in [3.63, 3.8) is 0 Å². The summed E-state index contributed by atoms with van der Waals surface area (Å²) in [6, 6.07) is 22.7. The molecule has 0 spiro atoms. The fourth-order valence-electron chi connectivity index (χ4n) is 3.22. The third-order valence-electron chi connectivity index (χ3n) is 4.81. The van der Waals surface area contributed by atoms with Gasteiger partial charge in [0.2, 0.25) is 0 Å². The molecule has 4 aromatic rings. The Labute approximate surface area is 172 Å². The lowest BCUT2D eigenvalue weighted by Gasteiger charge is -2.15. The van der Waals surface area contributed by atoms with Gasteiger partial charge in [0.25, 0.3) is 5.91 Å². The third-order valence-corrected chi connectivity index (χ3v) is 4.81. The van der Waals surface area contributed by atoms with Crippen molar-refractivity contribution in [2.45, 2.75) is 13.0 Å². The standard InChI is InChI=1S/C24H19F2N3O/c1-16(17-7-3-2-4-8-17)27-24(30)23-15-22(20-9-5-6-10-21(20)26)28-29(23)19-13-11-18(25)12-14-19/h2-16H,1H3,(H,27,30)/t16-/m1/s1. The molecule has 0 saturated carbocycles. The van der Waals surface area contributed by atoms with Crippen molar-refractivity contribution in [3.05, 3.63) is 108 Å². The molecule has 0 radical (unpaired) electrons. The summed E-state index contributed by atoms with van der Waals surface area (Å²) in [5.74, 6) is -1.21. The van der Waals surface area contributed by atoms with Crippen molar-refractivity contribution in [1.82, 2.24) is 15.1 Å². The molecule has 150 valence electrons. The van der Waals surface area contributed by atoms with E-state index in [9.17, 15) is 13.6 Å². The highest BCUT2D eigenvalue weighted by Crippen LogP contribution is 2.25. The maximum atomic E-state index is 14.3. The maximum absolute atomic E-state index is 14.3. The molecule has 4 nitrogen and oxygen atoms in total. The average Bonchev–Trinajstić information content (AvgIpc) is 3.20. The molecule has 0 unspecified atom stereocenters. The van der Waals surface area contributed by atoms with Gasteiger partial charge < -0.3 is 5.32 Å². The molecule has 1 amide bonds. The highest BCUT2D eigenvalue weighted by atomic mass is 19.1. The van der Waals surface area contributed by atoms with Gasteiger partial charge in [-0.2, -0.15) is 5.10 Å². The summed E-state index contributed by atoms with van der Waals surface area (Å²) in [7, 11) is 0. The lowest BCUT2D eigenvalue weighted by atomic mass is 10.1. The number of aromatic nitrogens is 2. The molecule has 1 heterocycles. The van der Waals surface area contributed by atoms with Crippen LogP contribution in [0.15, 0.2) is 84.9 Å². The molecule has 3 aromatic carbocycles. The zero-order chi connectivity index (χ0) is 21.1. The Bertz CT molecular complexity index is 1170. The van der Waals surface area contributed by atoms with Gasteiger partial charge in [0.05, 0.1) is 17.4 Å². The summed E-state index contributed by atoms with van der Waals surface area (Å²) in [4.78, 5) is 13.1. The smallest absolute Gasteiger partial charge is 0.270 e. The number of halogens is 2. The number of amides is 1. The normalized spacial score (nSPS) is 11.8. The second-order valence-corrected chi connectivity index (χ2v) is 6.89. The molecule has 0 saturated heterocycles. The fourth-order valence-corrected chi connectivity index (χ4v) is 3.22. The van der Waals surface area contributed by atoms with Crippen molar-refractivity contribution in [2.24, 2.45) is 0 Å². The SMILES string of the molecule is C[C@@H](NC(=O)c1cc(-c2ccccc2F)nn1-c1ccc(F)cc1)c1ccccc1. The topological polar surface area (TPSA) is 46.9 Å². The van der Waals surface area contributed by atoms with E-state index in [1.165, 1.54) is 41.1 Å². The number of nitrogens with zero attached hydrogens (tertiary/aromatic N) is 2. The molecule has 1 atom stereocenters. The van der Waals surface area contributed by atoms with Crippen LogP contribution in [0.5, 0.6) is 0 Å². The second-order valence-electron chi connectivity index (χ2n) is 6.89. The highest BCUT2D eigenvalue weighted by molar-refractivity contribution is 5.94. The predicted octanol–water partition coefficient (Wildman–Crippen LogP) is 5.31. The number of benzene rings is 3. The molecule has 0 fully saturated rings. The number of carbonyl (C=O) groups is 1. The van der Waals surface area contributed by atoms with E-state index in [0.717, 1.165) is 5.56 Å². The highest BCUT2D eigenvalue weighted by Gasteiger charge is 2.21. The molecule has 1 aromatic heterocycles. The van der Waals surface area contributed by atoms with Crippen LogP contribution in [-0.2, 0) is 0 Å². The monoisotopic (exact) mass is 403 g/mol. The van der Waals surface area contributed by atoms with Gasteiger partial charge in [0.1, 0.15) is 17.3 Å². The van der Waals surface area contributed by atoms with E-state index in [1.807, 2.05) is 37.3 Å². The summed E-state index contributed by atoms with van der Waals surface area (Å²) in [6.45, 7) is 1.88. The van der Waals surface area contributed by atoms with Crippen molar-refractivity contribution < 1.29 is 13.6 Å². The van der Waals surface area contributed by atoms with Crippen LogP contribution in [0.4, 0.5) is 8.78 Å². The molecular weight excluding hydrogens is 384 g/mol. The second kappa shape index (κ2) is 8.29. The summed E-state index contributed by atoms with van der Waals surface area (Å²) < 4.78 is 29.1. The number of rotatable bonds is 5. The number of hydrogen-bond donors (Lipinski definition) is 1. The minimum absolute atomic E-state index is 0.225. The summed E-state index contributed by atoms with van der Waals surface area (Å²) in [5.41, 5.74) is 2.27. The van der Waals surface area contributed by atoms with Gasteiger partial charge in [-0.25, -0.2) is 13.5 Å². The Balaban J connectivity index is 1.74. The lowest BCUT2D eigenvalue weighted by Crippen LogP contribution is -2.28. The van der Waals surface area contributed by atoms with E-state index >= 15 is 0 Å². The lowest BCUT2D eigenvalue weighted by molar-refractivity contribution is 0.0932. The first-order valence-corrected chi connectivity index (χ1v) is 9.49. The maximum Gasteiger partial charge on any atom is 0.270 e. The van der Waals surface area contributed by atoms with E-state index in [4.69, 9.17) is 0 Å². The Morgan fingerprint density at radius 1 is 0.933 bits per heavy atom. The quantitative estimate of drug-likeness (QED) is 0.491. The van der Waals surface area contributed by atoms with Crippen LogP contribution in [0.1, 0.15) is 29.0 Å². The Morgan fingerprint density at radius 2 is 1.60 bits per heavy atom. The van der Waals surface area contributed by atoms with Crippen molar-refractivity contribution in [1.29, 1.82) is 0 Å². The van der Waals surface area contributed by atoms with Crippen LogP contribution in [0, 0.1) is 11.6 Å². The zero-order valence-corrected chi connectivity index (χ0v) is 16.2. The molecule has 6 heteroatoms. The first kappa shape index (κ1) is 19.5. The van der Waals surface area contributed by atoms with Crippen molar-refractivity contribution in [3.8, 4) is 16.9 Å². The van der Waals surface area contributed by atoms with Crippen LogP contribution < -0.4 is 5.32 Å². The van der Waals surface area contributed by atoms with Crippen LogP contribution in [-0.4, -0.2) is 15.7 Å². The molecule has 0 aliphatic heterocycles. The molecular formula is C24H19F2N3O. The van der Waals surface area contributed by atoms with Gasteiger partial charge in [-0.15, -0.1) is 0 Å². The van der Waals surface area contributed by atoms with Crippen LogP contribution >= 0.6 is 0 Å². The minimum Gasteiger partial charge on any atom is -0.344 e. The Kier molecular flexibility index (Phi) is 5.39. The van der Waals surface area contributed by atoms with Crippen molar-refractivity contribution in [2.75, 3.05) is 0 Å². The van der Waals surface area contributed by atoms with Gasteiger partial charge in [0.15, 0.2) is 0 Å². The number of carbonyl (C=O) groups excluding carboxylic acids is 1. The largest absolute Gasteiger partial charge is 0.344 e. The first-order valence-electron chi connectivity index (χ1n) is 9.49. The third kappa shape index (κ3) is 3.98.